The van der Waals surface area contributed by atoms with Crippen LogP contribution < -0.4 is 5.32 Å². The third kappa shape index (κ3) is 5.35. The van der Waals surface area contributed by atoms with Crippen LogP contribution in [-0.2, 0) is 14.6 Å². The zero-order valence-electron chi connectivity index (χ0n) is 11.2. The normalized spacial score (nSPS) is 12.7. The monoisotopic (exact) mass is 300 g/mol. The predicted octanol–water partition coefficient (Wildman–Crippen LogP) is 0.00772. The average Bonchev–Trinajstić information content (AvgIpc) is 2.33. The van der Waals surface area contributed by atoms with Gasteiger partial charge in [0.25, 0.3) is 5.91 Å². The molecule has 0 aliphatic rings. The van der Waals surface area contributed by atoms with E-state index in [1.807, 2.05) is 0 Å². The van der Waals surface area contributed by atoms with Gasteiger partial charge in [-0.05, 0) is 25.5 Å². The second-order valence-electron chi connectivity index (χ2n) is 4.47. The van der Waals surface area contributed by atoms with Gasteiger partial charge in [-0.1, -0.05) is 0 Å². The van der Waals surface area contributed by atoms with Gasteiger partial charge in [0.05, 0.1) is 11.3 Å². The molecule has 0 saturated carbocycles. The maximum atomic E-state index is 11.8. The molecule has 20 heavy (non-hydrogen) atoms. The van der Waals surface area contributed by atoms with Gasteiger partial charge in [-0.15, -0.1) is 0 Å². The molecule has 1 aromatic rings. The lowest BCUT2D eigenvalue weighted by atomic mass is 10.2. The molecule has 0 aliphatic heterocycles. The summed E-state index contributed by atoms with van der Waals surface area (Å²) in [5.41, 5.74) is 0.953. The Morgan fingerprint density at radius 3 is 2.50 bits per heavy atom. The Bertz CT molecular complexity index is 595. The van der Waals surface area contributed by atoms with Crippen molar-refractivity contribution in [3.63, 3.8) is 0 Å². The van der Waals surface area contributed by atoms with E-state index in [0.29, 0.717) is 0 Å². The van der Waals surface area contributed by atoms with Crippen molar-refractivity contribution in [2.45, 2.75) is 19.4 Å². The number of sulfone groups is 1. The number of aliphatic carboxylic acids is 1. The molecule has 0 aromatic carbocycles. The number of pyridine rings is 1. The van der Waals surface area contributed by atoms with Crippen molar-refractivity contribution in [1.82, 2.24) is 10.3 Å². The molecule has 0 aliphatic carbocycles. The van der Waals surface area contributed by atoms with Crippen molar-refractivity contribution in [3.8, 4) is 0 Å². The number of nitrogens with one attached hydrogen (secondary N) is 1. The van der Waals surface area contributed by atoms with Crippen molar-refractivity contribution in [2.24, 2.45) is 0 Å². The van der Waals surface area contributed by atoms with E-state index in [4.69, 9.17) is 5.11 Å². The number of carbonyl (C=O) groups is 2. The Morgan fingerprint density at radius 1 is 1.40 bits per heavy atom. The largest absolute Gasteiger partial charge is 0.480 e. The summed E-state index contributed by atoms with van der Waals surface area (Å²) in [6.07, 6.45) is 2.16. The third-order valence-electron chi connectivity index (χ3n) is 2.55. The number of aryl methyl sites for hydroxylation is 1. The van der Waals surface area contributed by atoms with Crippen LogP contribution in [0.3, 0.4) is 0 Å². The fourth-order valence-corrected chi connectivity index (χ4v) is 2.10. The van der Waals surface area contributed by atoms with E-state index in [1.165, 1.54) is 12.3 Å². The lowest BCUT2D eigenvalue weighted by Gasteiger charge is -2.13. The third-order valence-corrected chi connectivity index (χ3v) is 3.53. The van der Waals surface area contributed by atoms with Crippen LogP contribution in [0.1, 0.15) is 22.5 Å². The molecule has 0 spiro atoms. The molecule has 1 heterocycles. The highest BCUT2D eigenvalue weighted by Crippen LogP contribution is 2.02. The molecule has 1 amide bonds. The molecule has 2 N–H and O–H groups in total. The lowest BCUT2D eigenvalue weighted by Crippen LogP contribution is -2.41. The average molecular weight is 300 g/mol. The van der Waals surface area contributed by atoms with Gasteiger partial charge < -0.3 is 10.4 Å². The van der Waals surface area contributed by atoms with Crippen molar-refractivity contribution in [1.29, 1.82) is 0 Å². The van der Waals surface area contributed by atoms with Gasteiger partial charge >= 0.3 is 5.97 Å². The van der Waals surface area contributed by atoms with Crippen LogP contribution in [0, 0.1) is 6.92 Å². The van der Waals surface area contributed by atoms with Gasteiger partial charge in [0, 0.05) is 18.1 Å². The number of amides is 1. The number of rotatable bonds is 6. The number of aromatic nitrogens is 1. The first-order chi connectivity index (χ1) is 9.19. The summed E-state index contributed by atoms with van der Waals surface area (Å²) >= 11 is 0. The van der Waals surface area contributed by atoms with E-state index < -0.39 is 27.8 Å². The maximum absolute atomic E-state index is 11.8. The van der Waals surface area contributed by atoms with Crippen LogP contribution >= 0.6 is 0 Å². The molecule has 1 aromatic heterocycles. The Labute approximate surface area is 116 Å². The van der Waals surface area contributed by atoms with Crippen molar-refractivity contribution < 1.29 is 23.1 Å². The van der Waals surface area contributed by atoms with Crippen LogP contribution in [0.4, 0.5) is 0 Å². The van der Waals surface area contributed by atoms with E-state index in [0.717, 1.165) is 11.9 Å². The Kier molecular flexibility index (Phi) is 5.20. The zero-order valence-corrected chi connectivity index (χ0v) is 12.0. The first-order valence-corrected chi connectivity index (χ1v) is 7.89. The maximum Gasteiger partial charge on any atom is 0.326 e. The Morgan fingerprint density at radius 2 is 2.05 bits per heavy atom. The van der Waals surface area contributed by atoms with E-state index in [9.17, 15) is 18.0 Å². The van der Waals surface area contributed by atoms with Gasteiger partial charge in [-0.2, -0.15) is 0 Å². The highest BCUT2D eigenvalue weighted by molar-refractivity contribution is 7.90. The molecule has 0 radical (unpaired) electrons. The SMILES string of the molecule is Cc1ccc(C(=O)NC(CCS(C)(=O)=O)C(=O)O)cn1. The number of hydrogen-bond acceptors (Lipinski definition) is 5. The number of carboxylic acids is 1. The van der Waals surface area contributed by atoms with Crippen molar-refractivity contribution >= 4 is 21.7 Å². The molecule has 1 atom stereocenters. The van der Waals surface area contributed by atoms with E-state index in [1.54, 1.807) is 13.0 Å². The van der Waals surface area contributed by atoms with Crippen molar-refractivity contribution in [2.75, 3.05) is 12.0 Å². The zero-order chi connectivity index (χ0) is 15.3. The fourth-order valence-electron chi connectivity index (χ4n) is 1.43. The summed E-state index contributed by atoms with van der Waals surface area (Å²) in [6.45, 7) is 1.76. The summed E-state index contributed by atoms with van der Waals surface area (Å²) in [7, 11) is -3.29. The molecular formula is C12H16N2O5S. The van der Waals surface area contributed by atoms with Crippen LogP contribution in [0.15, 0.2) is 18.3 Å². The second-order valence-corrected chi connectivity index (χ2v) is 6.73. The van der Waals surface area contributed by atoms with Crippen LogP contribution in [-0.4, -0.2) is 48.4 Å². The van der Waals surface area contributed by atoms with Gasteiger partial charge in [0.1, 0.15) is 15.9 Å². The topological polar surface area (TPSA) is 113 Å². The molecular weight excluding hydrogens is 284 g/mol. The molecule has 110 valence electrons. The Balaban J connectivity index is 2.73. The van der Waals surface area contributed by atoms with E-state index in [-0.39, 0.29) is 17.7 Å². The smallest absolute Gasteiger partial charge is 0.326 e. The van der Waals surface area contributed by atoms with Crippen LogP contribution in [0.2, 0.25) is 0 Å². The number of carboxylic acid groups (broad SMARTS) is 1. The van der Waals surface area contributed by atoms with Gasteiger partial charge in [0.2, 0.25) is 0 Å². The minimum atomic E-state index is -3.29. The quantitative estimate of drug-likeness (QED) is 0.765. The minimum Gasteiger partial charge on any atom is -0.480 e. The summed E-state index contributed by atoms with van der Waals surface area (Å²) in [4.78, 5) is 26.8. The van der Waals surface area contributed by atoms with Gasteiger partial charge in [0.15, 0.2) is 0 Å². The summed E-state index contributed by atoms with van der Waals surface area (Å²) in [5.74, 6) is -2.18. The molecule has 0 saturated heterocycles. The van der Waals surface area contributed by atoms with E-state index >= 15 is 0 Å². The minimum absolute atomic E-state index is 0.181. The highest BCUT2D eigenvalue weighted by Gasteiger charge is 2.22. The highest BCUT2D eigenvalue weighted by atomic mass is 32.2. The van der Waals surface area contributed by atoms with Gasteiger partial charge in [-0.3, -0.25) is 9.78 Å². The summed E-state index contributed by atoms with van der Waals surface area (Å²) in [5, 5.41) is 11.3. The first-order valence-electron chi connectivity index (χ1n) is 5.83. The molecule has 0 fully saturated rings. The number of hydrogen-bond donors (Lipinski definition) is 2. The predicted molar refractivity (Wildman–Crippen MR) is 72.2 cm³/mol. The molecule has 7 nitrogen and oxygen atoms in total. The summed E-state index contributed by atoms with van der Waals surface area (Å²) < 4.78 is 22.1. The van der Waals surface area contributed by atoms with Crippen molar-refractivity contribution in [3.05, 3.63) is 29.6 Å². The van der Waals surface area contributed by atoms with Crippen LogP contribution in [0.25, 0.3) is 0 Å². The van der Waals surface area contributed by atoms with Crippen LogP contribution in [0.5, 0.6) is 0 Å². The second kappa shape index (κ2) is 6.47. The van der Waals surface area contributed by atoms with Gasteiger partial charge in [-0.25, -0.2) is 13.2 Å². The Hall–Kier alpha value is -1.96. The number of nitrogens with zero attached hydrogens (tertiary/aromatic N) is 1. The fraction of sp³-hybridized carbons (Fsp3) is 0.417. The van der Waals surface area contributed by atoms with E-state index in [2.05, 4.69) is 10.3 Å². The summed E-state index contributed by atoms with van der Waals surface area (Å²) in [6, 6.07) is 1.90. The molecule has 1 rings (SSSR count). The molecule has 8 heteroatoms. The standard InChI is InChI=1S/C12H16N2O5S/c1-8-3-4-9(7-13-8)11(15)14-10(12(16)17)5-6-20(2,18)19/h3-4,7,10H,5-6H2,1-2H3,(H,14,15)(H,16,17). The molecule has 1 unspecified atom stereocenters. The number of carbonyl (C=O) groups excluding carboxylic acids is 1. The molecule has 0 bridgehead atoms. The lowest BCUT2D eigenvalue weighted by molar-refractivity contribution is -0.139. The first kappa shape index (κ1) is 16.1.